The largest absolute Gasteiger partial charge is 0.410 e. The van der Waals surface area contributed by atoms with E-state index in [9.17, 15) is 18.0 Å². The highest BCUT2D eigenvalue weighted by Gasteiger charge is 2.46. The van der Waals surface area contributed by atoms with Gasteiger partial charge in [-0.1, -0.05) is 60.2 Å². The van der Waals surface area contributed by atoms with Crippen molar-refractivity contribution in [2.24, 2.45) is 0 Å². The molecule has 0 saturated carbocycles. The van der Waals surface area contributed by atoms with Crippen LogP contribution in [0, 0.1) is 6.92 Å². The summed E-state index contributed by atoms with van der Waals surface area (Å²) >= 11 is 0. The van der Waals surface area contributed by atoms with E-state index in [4.69, 9.17) is 0 Å². The second kappa shape index (κ2) is 7.85. The van der Waals surface area contributed by atoms with Crippen molar-refractivity contribution in [3.8, 4) is 0 Å². The van der Waals surface area contributed by atoms with E-state index in [1.807, 2.05) is 61.5 Å². The summed E-state index contributed by atoms with van der Waals surface area (Å²) in [5.41, 5.74) is 2.63. The lowest BCUT2D eigenvalue weighted by Crippen LogP contribution is -2.35. The zero-order valence-corrected chi connectivity index (χ0v) is 16.3. The number of benzene rings is 2. The van der Waals surface area contributed by atoms with E-state index >= 15 is 0 Å². The number of alkyl halides is 3. The maximum Gasteiger partial charge on any atom is 0.410 e. The minimum Gasteiger partial charge on any atom is -0.363 e. The summed E-state index contributed by atoms with van der Waals surface area (Å²) in [5.74, 6) is -0.339. The van der Waals surface area contributed by atoms with Crippen molar-refractivity contribution in [3.63, 3.8) is 0 Å². The highest BCUT2D eigenvalue weighted by Crippen LogP contribution is 2.43. The Morgan fingerprint density at radius 3 is 2.53 bits per heavy atom. The van der Waals surface area contributed by atoms with Gasteiger partial charge in [0, 0.05) is 19.0 Å². The molecule has 4 rings (SSSR count). The number of hydrogen-bond acceptors (Lipinski definition) is 3. The zero-order valence-electron chi connectivity index (χ0n) is 16.3. The molecule has 1 aliphatic heterocycles. The monoisotopic (exact) mass is 414 g/mol. The number of hydrogen-bond donors (Lipinski definition) is 2. The van der Waals surface area contributed by atoms with Crippen LogP contribution in [0.1, 0.15) is 45.7 Å². The minimum atomic E-state index is -4.48. The molecule has 0 spiro atoms. The van der Waals surface area contributed by atoms with E-state index in [0.29, 0.717) is 0 Å². The lowest BCUT2D eigenvalue weighted by Gasteiger charge is -2.33. The van der Waals surface area contributed by atoms with Crippen LogP contribution in [0.25, 0.3) is 0 Å². The fourth-order valence-corrected chi connectivity index (χ4v) is 3.57. The third-order valence-corrected chi connectivity index (χ3v) is 5.20. The van der Waals surface area contributed by atoms with Crippen molar-refractivity contribution in [2.45, 2.75) is 38.1 Å². The number of rotatable bonds is 4. The van der Waals surface area contributed by atoms with Crippen LogP contribution < -0.4 is 10.6 Å². The van der Waals surface area contributed by atoms with Gasteiger partial charge in [0.05, 0.1) is 6.04 Å². The number of nitrogens with zero attached hydrogens (tertiary/aromatic N) is 2. The molecule has 1 aromatic heterocycles. The Balaban J connectivity index is 1.58. The van der Waals surface area contributed by atoms with E-state index in [2.05, 4.69) is 15.7 Å². The first-order valence-corrected chi connectivity index (χ1v) is 9.63. The van der Waals surface area contributed by atoms with Crippen molar-refractivity contribution < 1.29 is 18.0 Å². The molecule has 0 saturated heterocycles. The number of carbonyl (C=O) groups is 1. The summed E-state index contributed by atoms with van der Waals surface area (Å²) in [6.07, 6.45) is -4.68. The highest BCUT2D eigenvalue weighted by molar-refractivity contribution is 5.93. The molecule has 0 unspecified atom stereocenters. The number of halogens is 3. The molecule has 0 fully saturated rings. The van der Waals surface area contributed by atoms with Crippen molar-refractivity contribution >= 4 is 11.7 Å². The van der Waals surface area contributed by atoms with Gasteiger partial charge < -0.3 is 10.6 Å². The van der Waals surface area contributed by atoms with Gasteiger partial charge in [0.1, 0.15) is 5.82 Å². The van der Waals surface area contributed by atoms with Crippen LogP contribution in [0.4, 0.5) is 19.0 Å². The van der Waals surface area contributed by atoms with Gasteiger partial charge >= 0.3 is 6.18 Å². The first-order chi connectivity index (χ1) is 14.3. The second-order valence-corrected chi connectivity index (χ2v) is 7.43. The van der Waals surface area contributed by atoms with Crippen molar-refractivity contribution in [3.05, 3.63) is 83.0 Å². The third kappa shape index (κ3) is 4.17. The number of nitrogens with one attached hydrogen (secondary N) is 2. The van der Waals surface area contributed by atoms with E-state index in [1.54, 1.807) is 0 Å². The molecule has 5 nitrogen and oxygen atoms in total. The SMILES string of the molecule is Cc1ccc([C@@H]2C[C@@H](C(F)(F)F)n3nc(C(=O)NCc4ccccc4)cc3N2)cc1. The molecule has 8 heteroatoms. The molecule has 1 amide bonds. The number of amides is 1. The first-order valence-electron chi connectivity index (χ1n) is 9.63. The normalized spacial score (nSPS) is 18.4. The highest BCUT2D eigenvalue weighted by atomic mass is 19.4. The second-order valence-electron chi connectivity index (χ2n) is 7.43. The van der Waals surface area contributed by atoms with Gasteiger partial charge in [-0.15, -0.1) is 0 Å². The fourth-order valence-electron chi connectivity index (χ4n) is 3.57. The fraction of sp³-hybridized carbons (Fsp3) is 0.273. The molecule has 156 valence electrons. The summed E-state index contributed by atoms with van der Waals surface area (Å²) < 4.78 is 42.2. The van der Waals surface area contributed by atoms with Gasteiger partial charge in [0.2, 0.25) is 0 Å². The molecule has 3 aromatic rings. The maximum atomic E-state index is 13.8. The summed E-state index contributed by atoms with van der Waals surface area (Å²) in [5, 5.41) is 9.78. The predicted octanol–water partition coefficient (Wildman–Crippen LogP) is 4.78. The van der Waals surface area contributed by atoms with Gasteiger partial charge in [0.15, 0.2) is 11.7 Å². The molecule has 2 aromatic carbocycles. The Hall–Kier alpha value is -3.29. The Morgan fingerprint density at radius 1 is 1.17 bits per heavy atom. The Morgan fingerprint density at radius 2 is 1.87 bits per heavy atom. The quantitative estimate of drug-likeness (QED) is 0.646. The first kappa shape index (κ1) is 20.0. The Kier molecular flexibility index (Phi) is 5.24. The van der Waals surface area contributed by atoms with Gasteiger partial charge in [0.25, 0.3) is 5.91 Å². The van der Waals surface area contributed by atoms with Gasteiger partial charge in [-0.3, -0.25) is 4.79 Å². The maximum absolute atomic E-state index is 13.8. The molecular formula is C22H21F3N4O. The topological polar surface area (TPSA) is 59.0 Å². The number of carbonyl (C=O) groups excluding carboxylic acids is 1. The molecule has 2 N–H and O–H groups in total. The smallest absolute Gasteiger partial charge is 0.363 e. The van der Waals surface area contributed by atoms with Gasteiger partial charge in [-0.2, -0.15) is 18.3 Å². The molecule has 2 heterocycles. The Bertz CT molecular complexity index is 1030. The number of aryl methyl sites for hydroxylation is 1. The minimum absolute atomic E-state index is 0.0489. The van der Waals surface area contributed by atoms with E-state index in [0.717, 1.165) is 21.4 Å². The Labute approximate surface area is 171 Å². The van der Waals surface area contributed by atoms with Crippen molar-refractivity contribution in [1.29, 1.82) is 0 Å². The summed E-state index contributed by atoms with van der Waals surface area (Å²) in [4.78, 5) is 12.5. The predicted molar refractivity (Wildman–Crippen MR) is 107 cm³/mol. The van der Waals surface area contributed by atoms with E-state index in [-0.39, 0.29) is 24.5 Å². The lowest BCUT2D eigenvalue weighted by atomic mass is 9.96. The number of fused-ring (bicyclic) bond motifs is 1. The molecule has 2 atom stereocenters. The average molecular weight is 414 g/mol. The molecule has 0 bridgehead atoms. The van der Waals surface area contributed by atoms with Crippen LogP contribution in [0.2, 0.25) is 0 Å². The van der Waals surface area contributed by atoms with Crippen LogP contribution in [0.5, 0.6) is 0 Å². The van der Waals surface area contributed by atoms with Crippen LogP contribution in [0.3, 0.4) is 0 Å². The van der Waals surface area contributed by atoms with Crippen LogP contribution in [-0.2, 0) is 6.54 Å². The number of aromatic nitrogens is 2. The van der Waals surface area contributed by atoms with E-state index in [1.165, 1.54) is 6.07 Å². The summed E-state index contributed by atoms with van der Waals surface area (Å²) in [6.45, 7) is 2.19. The zero-order chi connectivity index (χ0) is 21.3. The standard InChI is InChI=1S/C22H21F3N4O/c1-14-7-9-16(10-8-14)17-11-19(22(23,24)25)29-20(27-17)12-18(28-29)21(30)26-13-15-5-3-2-4-6-15/h2-10,12,17,19,27H,11,13H2,1H3,(H,26,30)/t17-,19-/m0/s1. The molecule has 0 aliphatic carbocycles. The summed E-state index contributed by atoms with van der Waals surface area (Å²) in [6, 6.07) is 15.7. The van der Waals surface area contributed by atoms with Crippen LogP contribution in [0.15, 0.2) is 60.7 Å². The molecule has 0 radical (unpaired) electrons. The van der Waals surface area contributed by atoms with E-state index < -0.39 is 24.2 Å². The molecule has 1 aliphatic rings. The van der Waals surface area contributed by atoms with Gasteiger partial charge in [-0.25, -0.2) is 4.68 Å². The number of anilines is 1. The van der Waals surface area contributed by atoms with Crippen molar-refractivity contribution in [2.75, 3.05) is 5.32 Å². The molecule has 30 heavy (non-hydrogen) atoms. The summed E-state index contributed by atoms with van der Waals surface area (Å²) in [7, 11) is 0. The molecular weight excluding hydrogens is 393 g/mol. The van der Waals surface area contributed by atoms with Crippen LogP contribution in [-0.4, -0.2) is 21.9 Å². The average Bonchev–Trinajstić information content (AvgIpc) is 3.16. The van der Waals surface area contributed by atoms with Gasteiger partial charge in [-0.05, 0) is 18.1 Å². The third-order valence-electron chi connectivity index (χ3n) is 5.20. The van der Waals surface area contributed by atoms with Crippen molar-refractivity contribution in [1.82, 2.24) is 15.1 Å². The lowest BCUT2D eigenvalue weighted by molar-refractivity contribution is -0.173. The van der Waals surface area contributed by atoms with Crippen LogP contribution >= 0.6 is 0 Å².